The van der Waals surface area contributed by atoms with Gasteiger partial charge in [0.25, 0.3) is 0 Å². The Balaban J connectivity index is 2.02. The summed E-state index contributed by atoms with van der Waals surface area (Å²) in [6.45, 7) is 4.49. The fraction of sp³-hybridized carbons (Fsp3) is 1.00. The molecule has 2 heterocycles. The van der Waals surface area contributed by atoms with Crippen LogP contribution in [0.5, 0.6) is 0 Å². The van der Waals surface area contributed by atoms with Gasteiger partial charge in [0.15, 0.2) is 0 Å². The van der Waals surface area contributed by atoms with Crippen molar-refractivity contribution in [3.63, 3.8) is 0 Å². The minimum absolute atomic E-state index is 0.849. The quantitative estimate of drug-likeness (QED) is 0.460. The molecule has 9 heavy (non-hydrogen) atoms. The van der Waals surface area contributed by atoms with Crippen molar-refractivity contribution in [3.8, 4) is 0 Å². The summed E-state index contributed by atoms with van der Waals surface area (Å²) in [5.74, 6) is 1.70. The van der Waals surface area contributed by atoms with Gasteiger partial charge in [0.05, 0.1) is 13.2 Å². The van der Waals surface area contributed by atoms with Crippen LogP contribution < -0.4 is 0 Å². The fourth-order valence-electron chi connectivity index (χ4n) is 1.63. The van der Waals surface area contributed by atoms with Crippen molar-refractivity contribution >= 4 is 22.9 Å². The molecule has 0 spiro atoms. The fourth-order valence-corrected chi connectivity index (χ4v) is 2.64. The first kappa shape index (κ1) is 6.37. The Morgan fingerprint density at radius 1 is 1.22 bits per heavy atom. The van der Waals surface area contributed by atoms with E-state index in [-0.39, 0.29) is 0 Å². The molecular formula is C6H10INO. The van der Waals surface area contributed by atoms with E-state index in [1.807, 2.05) is 0 Å². The molecular weight excluding hydrogens is 229 g/mol. The number of ether oxygens (including phenoxy) is 1. The maximum Gasteiger partial charge on any atom is 0.0510 e. The minimum atomic E-state index is 0.849. The standard InChI is InChI=1S/C6H10INO/c7-8-1-5-3-9-4-6(5)2-8/h5-6H,1-4H2/t5-,6+. The van der Waals surface area contributed by atoms with Crippen LogP contribution in [-0.2, 0) is 4.74 Å². The molecule has 2 aliphatic rings. The average Bonchev–Trinajstić information content (AvgIpc) is 2.22. The Kier molecular flexibility index (Phi) is 1.67. The van der Waals surface area contributed by atoms with Crippen molar-refractivity contribution in [2.45, 2.75) is 0 Å². The van der Waals surface area contributed by atoms with Crippen LogP contribution in [0, 0.1) is 11.8 Å². The first-order valence-corrected chi connectivity index (χ1v) is 4.31. The maximum absolute atomic E-state index is 5.33. The molecule has 0 radical (unpaired) electrons. The molecule has 2 atom stereocenters. The van der Waals surface area contributed by atoms with E-state index in [1.165, 1.54) is 13.1 Å². The van der Waals surface area contributed by atoms with E-state index in [9.17, 15) is 0 Å². The highest BCUT2D eigenvalue weighted by Gasteiger charge is 2.35. The molecule has 0 unspecified atom stereocenters. The minimum Gasteiger partial charge on any atom is -0.381 e. The van der Waals surface area contributed by atoms with Gasteiger partial charge < -0.3 is 4.74 Å². The van der Waals surface area contributed by atoms with Gasteiger partial charge >= 0.3 is 0 Å². The first-order valence-electron chi connectivity index (χ1n) is 3.35. The predicted octanol–water partition coefficient (Wildman–Crippen LogP) is 0.915. The summed E-state index contributed by atoms with van der Waals surface area (Å²) >= 11 is 2.40. The van der Waals surface area contributed by atoms with Gasteiger partial charge in [-0.2, -0.15) is 0 Å². The van der Waals surface area contributed by atoms with Gasteiger partial charge in [0.1, 0.15) is 0 Å². The highest BCUT2D eigenvalue weighted by molar-refractivity contribution is 14.1. The third-order valence-electron chi connectivity index (χ3n) is 2.20. The maximum atomic E-state index is 5.33. The highest BCUT2D eigenvalue weighted by Crippen LogP contribution is 2.30. The zero-order chi connectivity index (χ0) is 6.27. The third-order valence-corrected chi connectivity index (χ3v) is 2.98. The predicted molar refractivity (Wildman–Crippen MR) is 43.4 cm³/mol. The topological polar surface area (TPSA) is 12.5 Å². The summed E-state index contributed by atoms with van der Waals surface area (Å²) in [5, 5.41) is 0. The number of nitrogens with zero attached hydrogens (tertiary/aromatic N) is 1. The van der Waals surface area contributed by atoms with E-state index in [0.29, 0.717) is 0 Å². The zero-order valence-electron chi connectivity index (χ0n) is 5.22. The van der Waals surface area contributed by atoms with E-state index in [2.05, 4.69) is 26.0 Å². The van der Waals surface area contributed by atoms with E-state index in [1.54, 1.807) is 0 Å². The molecule has 0 aromatic carbocycles. The monoisotopic (exact) mass is 239 g/mol. The molecule has 0 bridgehead atoms. The van der Waals surface area contributed by atoms with Gasteiger partial charge in [-0.25, -0.2) is 3.11 Å². The Bertz CT molecular complexity index is 108. The summed E-state index contributed by atoms with van der Waals surface area (Å²) < 4.78 is 7.70. The van der Waals surface area contributed by atoms with Crippen LogP contribution >= 0.6 is 22.9 Å². The highest BCUT2D eigenvalue weighted by atomic mass is 127. The van der Waals surface area contributed by atoms with Crippen LogP contribution in [0.4, 0.5) is 0 Å². The van der Waals surface area contributed by atoms with Gasteiger partial charge in [-0.15, -0.1) is 0 Å². The number of hydrogen-bond donors (Lipinski definition) is 0. The molecule has 2 saturated heterocycles. The van der Waals surface area contributed by atoms with Crippen molar-refractivity contribution in [2.75, 3.05) is 26.3 Å². The lowest BCUT2D eigenvalue weighted by atomic mass is 10.0. The number of halogens is 1. The SMILES string of the molecule is IN1C[C@H]2COC[C@H]2C1. The van der Waals surface area contributed by atoms with E-state index >= 15 is 0 Å². The van der Waals surface area contributed by atoms with Gasteiger partial charge in [-0.05, 0) is 0 Å². The molecule has 2 aliphatic heterocycles. The van der Waals surface area contributed by atoms with Crippen molar-refractivity contribution < 1.29 is 4.74 Å². The van der Waals surface area contributed by atoms with Crippen LogP contribution in [0.15, 0.2) is 0 Å². The smallest absolute Gasteiger partial charge is 0.0510 e. The Morgan fingerprint density at radius 3 is 2.33 bits per heavy atom. The van der Waals surface area contributed by atoms with Crippen molar-refractivity contribution in [2.24, 2.45) is 11.8 Å². The second-order valence-corrected chi connectivity index (χ2v) is 4.25. The Labute approximate surface area is 69.0 Å². The van der Waals surface area contributed by atoms with Gasteiger partial charge in [-0.1, -0.05) is 0 Å². The first-order chi connectivity index (χ1) is 4.36. The molecule has 52 valence electrons. The van der Waals surface area contributed by atoms with E-state index in [4.69, 9.17) is 4.74 Å². The summed E-state index contributed by atoms with van der Waals surface area (Å²) in [7, 11) is 0. The van der Waals surface area contributed by atoms with Crippen molar-refractivity contribution in [1.82, 2.24) is 3.11 Å². The number of rotatable bonds is 0. The van der Waals surface area contributed by atoms with Gasteiger partial charge in [0, 0.05) is 47.8 Å². The lowest BCUT2D eigenvalue weighted by Crippen LogP contribution is -2.09. The molecule has 3 heteroatoms. The third kappa shape index (κ3) is 1.10. The summed E-state index contributed by atoms with van der Waals surface area (Å²) in [5.41, 5.74) is 0. The van der Waals surface area contributed by atoms with Gasteiger partial charge in [0.2, 0.25) is 0 Å². The zero-order valence-corrected chi connectivity index (χ0v) is 7.37. The molecule has 0 aromatic rings. The molecule has 0 amide bonds. The molecule has 0 N–H and O–H groups in total. The molecule has 0 aromatic heterocycles. The Morgan fingerprint density at radius 2 is 1.78 bits per heavy atom. The second-order valence-electron chi connectivity index (χ2n) is 2.89. The second kappa shape index (κ2) is 2.36. The van der Waals surface area contributed by atoms with E-state index in [0.717, 1.165) is 25.0 Å². The number of fused-ring (bicyclic) bond motifs is 1. The molecule has 2 nitrogen and oxygen atoms in total. The van der Waals surface area contributed by atoms with Crippen LogP contribution in [-0.4, -0.2) is 29.4 Å². The summed E-state index contributed by atoms with van der Waals surface area (Å²) in [6.07, 6.45) is 0. The largest absolute Gasteiger partial charge is 0.381 e. The molecule has 2 rings (SSSR count). The van der Waals surface area contributed by atoms with Crippen LogP contribution in [0.2, 0.25) is 0 Å². The van der Waals surface area contributed by atoms with Crippen LogP contribution in [0.3, 0.4) is 0 Å². The molecule has 0 saturated carbocycles. The molecule has 0 aliphatic carbocycles. The summed E-state index contributed by atoms with van der Waals surface area (Å²) in [6, 6.07) is 0. The Hall–Kier alpha value is 0.650. The summed E-state index contributed by atoms with van der Waals surface area (Å²) in [4.78, 5) is 0. The van der Waals surface area contributed by atoms with E-state index < -0.39 is 0 Å². The number of hydrogen-bond acceptors (Lipinski definition) is 2. The van der Waals surface area contributed by atoms with Crippen LogP contribution in [0.1, 0.15) is 0 Å². The lowest BCUT2D eigenvalue weighted by molar-refractivity contribution is 0.170. The van der Waals surface area contributed by atoms with Crippen LogP contribution in [0.25, 0.3) is 0 Å². The van der Waals surface area contributed by atoms with Gasteiger partial charge in [-0.3, -0.25) is 0 Å². The molecule has 2 fully saturated rings. The normalized spacial score (nSPS) is 43.7. The van der Waals surface area contributed by atoms with Crippen molar-refractivity contribution in [3.05, 3.63) is 0 Å². The van der Waals surface area contributed by atoms with Crippen molar-refractivity contribution in [1.29, 1.82) is 0 Å². The lowest BCUT2D eigenvalue weighted by Gasteiger charge is -2.04. The average molecular weight is 239 g/mol.